The second-order valence-corrected chi connectivity index (χ2v) is 5.52. The van der Waals surface area contributed by atoms with Crippen molar-refractivity contribution in [2.75, 3.05) is 41.4 Å². The van der Waals surface area contributed by atoms with Crippen LogP contribution in [0.15, 0.2) is 36.5 Å². The number of hydrogen-bond acceptors (Lipinski definition) is 6. The molecular weight excluding hydrogens is 318 g/mol. The number of nitriles is 1. The lowest BCUT2D eigenvalue weighted by Gasteiger charge is -2.22. The van der Waals surface area contributed by atoms with E-state index in [0.29, 0.717) is 24.3 Å². The zero-order valence-electron chi connectivity index (χ0n) is 16.0. The average Bonchev–Trinajstić information content (AvgIpc) is 2.60. The highest BCUT2D eigenvalue weighted by molar-refractivity contribution is 6.04. The van der Waals surface area contributed by atoms with Crippen molar-refractivity contribution in [2.45, 2.75) is 20.3 Å². The van der Waals surface area contributed by atoms with Crippen LogP contribution >= 0.6 is 0 Å². The van der Waals surface area contributed by atoms with Crippen LogP contribution in [0, 0.1) is 11.3 Å². The number of benzene rings is 1. The fourth-order valence-corrected chi connectivity index (χ4v) is 1.69. The van der Waals surface area contributed by atoms with Gasteiger partial charge in [-0.2, -0.15) is 5.26 Å². The van der Waals surface area contributed by atoms with E-state index in [0.717, 1.165) is 0 Å². The van der Waals surface area contributed by atoms with Crippen molar-refractivity contribution in [1.82, 2.24) is 9.80 Å². The van der Waals surface area contributed by atoms with Crippen LogP contribution in [0.3, 0.4) is 0 Å². The van der Waals surface area contributed by atoms with Crippen molar-refractivity contribution in [3.05, 3.63) is 47.7 Å². The Labute approximate surface area is 151 Å². The molecule has 25 heavy (non-hydrogen) atoms. The number of carbonyl (C=O) groups excluding carboxylic acids is 1. The topological polar surface area (TPSA) is 65.8 Å². The summed E-state index contributed by atoms with van der Waals surface area (Å²) in [7, 11) is 7.54. The van der Waals surface area contributed by atoms with E-state index < -0.39 is 0 Å². The summed E-state index contributed by atoms with van der Waals surface area (Å²) in [6.45, 7) is 5.27. The third kappa shape index (κ3) is 10.3. The van der Waals surface area contributed by atoms with Gasteiger partial charge in [-0.15, -0.1) is 0 Å². The van der Waals surface area contributed by atoms with E-state index in [1.165, 1.54) is 6.08 Å². The largest absolute Gasteiger partial charge is 0.383 e. The highest BCUT2D eigenvalue weighted by Crippen LogP contribution is 2.05. The van der Waals surface area contributed by atoms with Gasteiger partial charge in [-0.25, -0.2) is 0 Å². The standard InChI is InChI=1S/C12H12N2O.C7H17NO2/c1-14(2)7-6-12(15)11-5-3-4-10(8-11)9-13;1-5-9-7(8(3)4)10-6-2/h3-8H,1-2H3;7H,5-6H2,1-4H3. The minimum Gasteiger partial charge on any atom is -0.383 e. The summed E-state index contributed by atoms with van der Waals surface area (Å²) in [6.07, 6.45) is 2.98. The van der Waals surface area contributed by atoms with Crippen LogP contribution in [0.2, 0.25) is 0 Å². The molecule has 0 aliphatic heterocycles. The van der Waals surface area contributed by atoms with Gasteiger partial charge < -0.3 is 14.4 Å². The summed E-state index contributed by atoms with van der Waals surface area (Å²) in [5.41, 5.74) is 1.03. The average molecular weight is 347 g/mol. The van der Waals surface area contributed by atoms with Gasteiger partial charge in [0.05, 0.1) is 11.6 Å². The maximum Gasteiger partial charge on any atom is 0.218 e. The maximum absolute atomic E-state index is 11.6. The zero-order valence-corrected chi connectivity index (χ0v) is 16.0. The Kier molecular flexibility index (Phi) is 12.0. The smallest absolute Gasteiger partial charge is 0.218 e. The Morgan fingerprint density at radius 2 is 1.80 bits per heavy atom. The van der Waals surface area contributed by atoms with Crippen molar-refractivity contribution < 1.29 is 14.3 Å². The number of rotatable bonds is 8. The first-order valence-electron chi connectivity index (χ1n) is 8.14. The molecule has 1 rings (SSSR count). The molecule has 0 aliphatic rings. The van der Waals surface area contributed by atoms with E-state index in [1.807, 2.05) is 53.0 Å². The number of nitrogens with zero attached hydrogens (tertiary/aromatic N) is 3. The third-order valence-electron chi connectivity index (χ3n) is 2.84. The number of ether oxygens (including phenoxy) is 2. The first kappa shape index (κ1) is 22.8. The van der Waals surface area contributed by atoms with E-state index >= 15 is 0 Å². The first-order chi connectivity index (χ1) is 11.8. The van der Waals surface area contributed by atoms with E-state index in [9.17, 15) is 4.79 Å². The highest BCUT2D eigenvalue weighted by Gasteiger charge is 2.08. The minimum atomic E-state index is -0.185. The van der Waals surface area contributed by atoms with E-state index in [4.69, 9.17) is 14.7 Å². The van der Waals surface area contributed by atoms with Crippen molar-refractivity contribution in [3.8, 4) is 6.07 Å². The second-order valence-electron chi connectivity index (χ2n) is 5.52. The molecule has 138 valence electrons. The first-order valence-corrected chi connectivity index (χ1v) is 8.14. The molecular formula is C19H29N3O3. The molecule has 6 nitrogen and oxygen atoms in total. The quantitative estimate of drug-likeness (QED) is 0.409. The molecule has 0 saturated carbocycles. The van der Waals surface area contributed by atoms with Crippen LogP contribution in [0.1, 0.15) is 29.8 Å². The Morgan fingerprint density at radius 1 is 1.20 bits per heavy atom. The fourth-order valence-electron chi connectivity index (χ4n) is 1.69. The number of carbonyl (C=O) groups is 1. The molecule has 0 fully saturated rings. The third-order valence-corrected chi connectivity index (χ3v) is 2.84. The van der Waals surface area contributed by atoms with Gasteiger partial charge in [-0.1, -0.05) is 12.1 Å². The van der Waals surface area contributed by atoms with Crippen LogP contribution in [0.4, 0.5) is 0 Å². The molecule has 0 aromatic heterocycles. The molecule has 0 N–H and O–H groups in total. The van der Waals surface area contributed by atoms with Gasteiger partial charge >= 0.3 is 0 Å². The Hall–Kier alpha value is -2.20. The number of allylic oxidation sites excluding steroid dienone is 1. The molecule has 0 amide bonds. The van der Waals surface area contributed by atoms with Gasteiger partial charge in [0.1, 0.15) is 0 Å². The van der Waals surface area contributed by atoms with Gasteiger partial charge in [-0.05, 0) is 40.1 Å². The van der Waals surface area contributed by atoms with Crippen LogP contribution in [-0.4, -0.2) is 63.4 Å². The zero-order chi connectivity index (χ0) is 19.2. The molecule has 0 spiro atoms. The van der Waals surface area contributed by atoms with Crippen LogP contribution in [0.25, 0.3) is 0 Å². The Bertz CT molecular complexity index is 572. The van der Waals surface area contributed by atoms with Crippen LogP contribution < -0.4 is 0 Å². The van der Waals surface area contributed by atoms with Gasteiger partial charge in [-0.3, -0.25) is 9.69 Å². The lowest BCUT2D eigenvalue weighted by atomic mass is 10.1. The molecule has 1 aromatic rings. The van der Waals surface area contributed by atoms with E-state index in [-0.39, 0.29) is 12.2 Å². The summed E-state index contributed by atoms with van der Waals surface area (Å²) in [4.78, 5) is 15.3. The van der Waals surface area contributed by atoms with Gasteiger partial charge in [0, 0.05) is 45.1 Å². The molecule has 0 heterocycles. The predicted molar refractivity (Wildman–Crippen MR) is 99.0 cm³/mol. The SMILES string of the molecule is CCOC(OCC)N(C)C.CN(C)C=CC(=O)c1cccc(C#N)c1. The van der Waals surface area contributed by atoms with E-state index in [1.54, 1.807) is 35.4 Å². The molecule has 1 aromatic carbocycles. The van der Waals surface area contributed by atoms with Crippen molar-refractivity contribution >= 4 is 5.78 Å². The molecule has 0 saturated heterocycles. The lowest BCUT2D eigenvalue weighted by molar-refractivity contribution is -0.206. The highest BCUT2D eigenvalue weighted by atomic mass is 16.7. The minimum absolute atomic E-state index is 0.0965. The molecule has 0 bridgehead atoms. The molecule has 6 heteroatoms. The monoisotopic (exact) mass is 347 g/mol. The normalized spacial score (nSPS) is 10.5. The second kappa shape index (κ2) is 13.1. The van der Waals surface area contributed by atoms with Crippen molar-refractivity contribution in [3.63, 3.8) is 0 Å². The van der Waals surface area contributed by atoms with Gasteiger partial charge in [0.25, 0.3) is 0 Å². The lowest BCUT2D eigenvalue weighted by Crippen LogP contribution is -2.33. The fraction of sp³-hybridized carbons (Fsp3) is 0.474. The summed E-state index contributed by atoms with van der Waals surface area (Å²) in [6, 6.07) is 8.66. The van der Waals surface area contributed by atoms with Crippen LogP contribution in [0.5, 0.6) is 0 Å². The van der Waals surface area contributed by atoms with E-state index in [2.05, 4.69) is 0 Å². The van der Waals surface area contributed by atoms with Crippen LogP contribution in [-0.2, 0) is 9.47 Å². The maximum atomic E-state index is 11.6. The molecule has 0 unspecified atom stereocenters. The number of hydrogen-bond donors (Lipinski definition) is 0. The Morgan fingerprint density at radius 3 is 2.24 bits per heavy atom. The molecule has 0 aliphatic carbocycles. The summed E-state index contributed by atoms with van der Waals surface area (Å²) < 4.78 is 10.5. The van der Waals surface area contributed by atoms with Gasteiger partial charge in [0.15, 0.2) is 5.78 Å². The predicted octanol–water partition coefficient (Wildman–Crippen LogP) is 2.72. The van der Waals surface area contributed by atoms with Crippen molar-refractivity contribution in [2.24, 2.45) is 0 Å². The Balaban J connectivity index is 0.000000504. The molecule has 0 atom stereocenters. The number of ketones is 1. The summed E-state index contributed by atoms with van der Waals surface area (Å²) >= 11 is 0. The van der Waals surface area contributed by atoms with Crippen molar-refractivity contribution in [1.29, 1.82) is 5.26 Å². The summed E-state index contributed by atoms with van der Waals surface area (Å²) in [5, 5.41) is 8.67. The van der Waals surface area contributed by atoms with Gasteiger partial charge in [0.2, 0.25) is 6.41 Å². The summed E-state index contributed by atoms with van der Waals surface area (Å²) in [5.74, 6) is -0.0965. The molecule has 0 radical (unpaired) electrons.